The summed E-state index contributed by atoms with van der Waals surface area (Å²) in [5.41, 5.74) is 17.4. The van der Waals surface area contributed by atoms with Crippen LogP contribution in [0.15, 0.2) is 173 Å². The Morgan fingerprint density at radius 2 is 1.06 bits per heavy atom. The third-order valence-electron chi connectivity index (χ3n) is 15.2. The van der Waals surface area contributed by atoms with E-state index >= 15 is 0 Å². The second-order valence-electron chi connectivity index (χ2n) is 22.4. The summed E-state index contributed by atoms with van der Waals surface area (Å²) in [4.78, 5) is 5.09. The lowest BCUT2D eigenvalue weighted by molar-refractivity contribution is 0.667. The van der Waals surface area contributed by atoms with Gasteiger partial charge in [0.25, 0.3) is 0 Å². The van der Waals surface area contributed by atoms with Gasteiger partial charge < -0.3 is 18.6 Å². The number of furan rings is 2. The molecule has 1 unspecified atom stereocenters. The molecule has 0 saturated heterocycles. The third-order valence-corrected chi connectivity index (χ3v) is 19.4. The van der Waals surface area contributed by atoms with Crippen LogP contribution in [0, 0.1) is 5.92 Å². The van der Waals surface area contributed by atoms with Gasteiger partial charge in [0.15, 0.2) is 11.2 Å². The maximum absolute atomic E-state index is 6.91. The highest BCUT2D eigenvalue weighted by Crippen LogP contribution is 2.54. The molecule has 2 aromatic heterocycles. The van der Waals surface area contributed by atoms with Crippen LogP contribution >= 0.6 is 0 Å². The predicted octanol–water partition coefficient (Wildman–Crippen LogP) is 17.5. The van der Waals surface area contributed by atoms with E-state index in [1.807, 2.05) is 0 Å². The molecule has 0 radical (unpaired) electrons. The van der Waals surface area contributed by atoms with Gasteiger partial charge in [0.1, 0.15) is 11.2 Å². The summed E-state index contributed by atoms with van der Waals surface area (Å²) >= 11 is 0. The lowest BCUT2D eigenvalue weighted by Gasteiger charge is -2.41. The molecule has 0 saturated carbocycles. The Kier molecular flexibility index (Phi) is 10.4. The summed E-state index contributed by atoms with van der Waals surface area (Å²) < 4.78 is 13.8. The van der Waals surface area contributed by atoms with E-state index in [9.17, 15) is 0 Å². The van der Waals surface area contributed by atoms with Crippen molar-refractivity contribution in [3.8, 4) is 0 Å². The summed E-state index contributed by atoms with van der Waals surface area (Å²) in [5.74, 6) is 0.565. The molecule has 0 N–H and O–H groups in total. The zero-order valence-electron chi connectivity index (χ0n) is 42.2. The number of para-hydroxylation sites is 4. The normalized spacial score (nSPS) is 14.9. The molecule has 0 aliphatic heterocycles. The molecule has 10 aromatic rings. The van der Waals surface area contributed by atoms with Gasteiger partial charge in [-0.05, 0) is 112 Å². The average molecular weight is 947 g/mol. The van der Waals surface area contributed by atoms with Crippen LogP contribution in [-0.4, -0.2) is 22.2 Å². The van der Waals surface area contributed by atoms with Crippen molar-refractivity contribution >= 4 is 121 Å². The standard InChI is InChI=1S/C64H62N2O2Si2/c1-39(2)53-37-57(65(41-25-29-43(30-26-41)69(5,6)7)55-21-15-19-49-45-17-11-13-23-59(45)67-63(49)55)51-36-34-48-54(40(3)4)38-58(52-35-33-47(53)61(51)62(48)52)66(42-27-31-44(32-28-42)70(8,9)10)56-22-16-20-50-46-18-12-14-24-60(46)68-64(50)56/h11-33,35-40,57H,34H2,1-10H3. The monoisotopic (exact) mass is 946 g/mol. The number of hydrogen-bond acceptors (Lipinski definition) is 4. The van der Waals surface area contributed by atoms with Gasteiger partial charge in [-0.25, -0.2) is 0 Å². The van der Waals surface area contributed by atoms with Gasteiger partial charge in [0.2, 0.25) is 0 Å². The summed E-state index contributed by atoms with van der Waals surface area (Å²) in [6.45, 7) is 24.0. The highest BCUT2D eigenvalue weighted by Gasteiger charge is 2.37. The molecule has 0 bridgehead atoms. The number of allylic oxidation sites excluding steroid dienone is 2. The molecule has 0 amide bonds. The lowest BCUT2D eigenvalue weighted by Crippen LogP contribution is -2.38. The third kappa shape index (κ3) is 7.05. The van der Waals surface area contributed by atoms with Crippen LogP contribution in [0.25, 0.3) is 65.8 Å². The molecule has 0 spiro atoms. The highest BCUT2D eigenvalue weighted by molar-refractivity contribution is 6.89. The largest absolute Gasteiger partial charge is 0.454 e. The topological polar surface area (TPSA) is 32.8 Å². The molecular weight excluding hydrogens is 885 g/mol. The minimum atomic E-state index is -1.58. The smallest absolute Gasteiger partial charge is 0.159 e. The van der Waals surface area contributed by atoms with Crippen molar-refractivity contribution in [3.63, 3.8) is 0 Å². The maximum Gasteiger partial charge on any atom is 0.159 e. The number of nitrogens with zero attached hydrogens (tertiary/aromatic N) is 2. The Morgan fingerprint density at radius 1 is 0.514 bits per heavy atom. The number of anilines is 5. The van der Waals surface area contributed by atoms with E-state index in [-0.39, 0.29) is 17.9 Å². The Hall–Kier alpha value is -6.87. The van der Waals surface area contributed by atoms with Crippen molar-refractivity contribution < 1.29 is 8.83 Å². The first-order chi connectivity index (χ1) is 33.7. The molecule has 8 aromatic carbocycles. The SMILES string of the molecule is CC(C)C1=CC(N(c2ccc([Si](C)(C)C)cc2)c2cccc3c2oc2ccccc23)C2=CCc3c(C(C)C)cc(N(c4ccc([Si](C)(C)C)cc4)c4cccc5c4oc4ccccc45)c4ccc1c2c34. The summed E-state index contributed by atoms with van der Waals surface area (Å²) in [7, 11) is -3.16. The van der Waals surface area contributed by atoms with Crippen LogP contribution in [-0.2, 0) is 6.42 Å². The van der Waals surface area contributed by atoms with Crippen molar-refractivity contribution in [1.29, 1.82) is 0 Å². The molecule has 2 heterocycles. The maximum atomic E-state index is 6.91. The summed E-state index contributed by atoms with van der Waals surface area (Å²) in [6, 6.07) is 56.5. The van der Waals surface area contributed by atoms with Crippen LogP contribution in [0.2, 0.25) is 39.3 Å². The minimum absolute atomic E-state index is 0.110. The quantitative estimate of drug-likeness (QED) is 0.128. The first-order valence-corrected chi connectivity index (χ1v) is 32.3. The van der Waals surface area contributed by atoms with E-state index in [0.29, 0.717) is 0 Å². The first kappa shape index (κ1) is 44.3. The van der Waals surface area contributed by atoms with E-state index in [1.165, 1.54) is 60.2 Å². The van der Waals surface area contributed by atoms with Crippen LogP contribution < -0.4 is 20.2 Å². The fraction of sp³-hybridized carbons (Fsp3) is 0.219. The molecule has 70 heavy (non-hydrogen) atoms. The van der Waals surface area contributed by atoms with Crippen LogP contribution in [0.4, 0.5) is 28.4 Å². The molecule has 12 rings (SSSR count). The van der Waals surface area contributed by atoms with Gasteiger partial charge in [0, 0.05) is 38.3 Å². The predicted molar refractivity (Wildman–Crippen MR) is 307 cm³/mol. The molecule has 4 nitrogen and oxygen atoms in total. The number of hydrogen-bond donors (Lipinski definition) is 0. The van der Waals surface area contributed by atoms with Crippen molar-refractivity contribution in [3.05, 3.63) is 186 Å². The van der Waals surface area contributed by atoms with E-state index < -0.39 is 16.1 Å². The average Bonchev–Trinajstić information content (AvgIpc) is 3.93. The minimum Gasteiger partial charge on any atom is -0.454 e. The van der Waals surface area contributed by atoms with Crippen molar-refractivity contribution in [2.45, 2.75) is 85.4 Å². The van der Waals surface area contributed by atoms with Gasteiger partial charge in [-0.2, -0.15) is 0 Å². The van der Waals surface area contributed by atoms with Crippen LogP contribution in [0.5, 0.6) is 0 Å². The Balaban J connectivity index is 1.14. The van der Waals surface area contributed by atoms with Gasteiger partial charge in [-0.3, -0.25) is 0 Å². The second-order valence-corrected chi connectivity index (χ2v) is 32.6. The van der Waals surface area contributed by atoms with Crippen molar-refractivity contribution in [2.24, 2.45) is 5.92 Å². The Labute approximate surface area is 414 Å². The molecular formula is C64H62N2O2Si2. The highest BCUT2D eigenvalue weighted by atomic mass is 28.3. The molecule has 2 aliphatic rings. The Bertz CT molecular complexity index is 3780. The van der Waals surface area contributed by atoms with E-state index in [0.717, 1.165) is 73.0 Å². The number of rotatable bonds is 10. The van der Waals surface area contributed by atoms with E-state index in [4.69, 9.17) is 8.83 Å². The zero-order chi connectivity index (χ0) is 48.4. The van der Waals surface area contributed by atoms with Crippen LogP contribution in [0.1, 0.15) is 55.9 Å². The molecule has 0 fully saturated rings. The summed E-state index contributed by atoms with van der Waals surface area (Å²) in [5, 5.41) is 10.0. The second kappa shape index (κ2) is 16.4. The molecule has 2 aliphatic carbocycles. The molecule has 6 heteroatoms. The fourth-order valence-corrected chi connectivity index (χ4v) is 13.9. The first-order valence-electron chi connectivity index (χ1n) is 25.3. The van der Waals surface area contributed by atoms with Crippen LogP contribution in [0.3, 0.4) is 0 Å². The van der Waals surface area contributed by atoms with E-state index in [1.54, 1.807) is 0 Å². The molecule has 348 valence electrons. The van der Waals surface area contributed by atoms with Crippen molar-refractivity contribution in [1.82, 2.24) is 0 Å². The fourth-order valence-electron chi connectivity index (χ4n) is 11.6. The van der Waals surface area contributed by atoms with Gasteiger partial charge in [0.05, 0.1) is 39.3 Å². The van der Waals surface area contributed by atoms with E-state index in [2.05, 4.69) is 241 Å². The zero-order valence-corrected chi connectivity index (χ0v) is 44.2. The van der Waals surface area contributed by atoms with Gasteiger partial charge in [-0.1, -0.05) is 187 Å². The van der Waals surface area contributed by atoms with Crippen molar-refractivity contribution in [2.75, 3.05) is 9.80 Å². The lowest BCUT2D eigenvalue weighted by atomic mass is 9.72. The van der Waals surface area contributed by atoms with Gasteiger partial charge >= 0.3 is 0 Å². The molecule has 1 atom stereocenters. The summed E-state index contributed by atoms with van der Waals surface area (Å²) in [6.07, 6.45) is 5.98. The van der Waals surface area contributed by atoms with Gasteiger partial charge in [-0.15, -0.1) is 0 Å². The Morgan fingerprint density at radius 3 is 1.63 bits per heavy atom. The number of benzene rings is 8. The number of fused-ring (bicyclic) bond motifs is 6.